The van der Waals surface area contributed by atoms with Gasteiger partial charge in [0, 0.05) is 6.54 Å². The van der Waals surface area contributed by atoms with E-state index >= 15 is 0 Å². The van der Waals surface area contributed by atoms with Crippen LogP contribution in [0.4, 0.5) is 0 Å². The Hall–Kier alpha value is -0.910. The highest BCUT2D eigenvalue weighted by Gasteiger charge is 2.08. The van der Waals surface area contributed by atoms with Crippen molar-refractivity contribution in [2.75, 3.05) is 7.05 Å². The Labute approximate surface area is 77.3 Å². The molecule has 0 saturated heterocycles. The van der Waals surface area contributed by atoms with Gasteiger partial charge in [-0.1, -0.05) is 12.1 Å². The zero-order valence-corrected chi connectivity index (χ0v) is 8.00. The highest BCUT2D eigenvalue weighted by Crippen LogP contribution is 2.10. The van der Waals surface area contributed by atoms with Crippen LogP contribution in [0.2, 0.25) is 0 Å². The maximum absolute atomic E-state index is 10.7. The van der Waals surface area contributed by atoms with Crippen molar-refractivity contribution >= 4 is 10.1 Å². The summed E-state index contributed by atoms with van der Waals surface area (Å²) in [4.78, 5) is -0.0692. The van der Waals surface area contributed by atoms with Gasteiger partial charge in [-0.15, -0.1) is 0 Å². The molecule has 72 valence electrons. The van der Waals surface area contributed by atoms with E-state index in [1.807, 2.05) is 0 Å². The molecule has 1 aromatic rings. The van der Waals surface area contributed by atoms with Crippen LogP contribution < -0.4 is 5.32 Å². The molecular formula is C8H11NO3S. The summed E-state index contributed by atoms with van der Waals surface area (Å²) in [6, 6.07) is 6.17. The highest BCUT2D eigenvalue weighted by molar-refractivity contribution is 7.85. The number of rotatable bonds is 3. The molecule has 0 aliphatic heterocycles. The van der Waals surface area contributed by atoms with Crippen molar-refractivity contribution in [2.24, 2.45) is 0 Å². The molecule has 0 spiro atoms. The van der Waals surface area contributed by atoms with Crippen molar-refractivity contribution in [3.63, 3.8) is 0 Å². The molecule has 4 nitrogen and oxygen atoms in total. The van der Waals surface area contributed by atoms with Crippen LogP contribution in [0.1, 0.15) is 5.56 Å². The van der Waals surface area contributed by atoms with Gasteiger partial charge in [0.25, 0.3) is 10.1 Å². The Morgan fingerprint density at radius 1 is 1.46 bits per heavy atom. The molecule has 5 heteroatoms. The second-order valence-corrected chi connectivity index (χ2v) is 4.07. The van der Waals surface area contributed by atoms with Gasteiger partial charge >= 0.3 is 0 Å². The van der Waals surface area contributed by atoms with E-state index in [-0.39, 0.29) is 4.90 Å². The maximum atomic E-state index is 10.7. The van der Waals surface area contributed by atoms with Crippen molar-refractivity contribution in [3.8, 4) is 0 Å². The van der Waals surface area contributed by atoms with Crippen molar-refractivity contribution < 1.29 is 13.0 Å². The van der Waals surface area contributed by atoms with Crippen LogP contribution in [-0.2, 0) is 16.7 Å². The van der Waals surface area contributed by atoms with Gasteiger partial charge in [0.05, 0.1) is 4.90 Å². The normalized spacial score (nSPS) is 11.5. The smallest absolute Gasteiger partial charge is 0.294 e. The summed E-state index contributed by atoms with van der Waals surface area (Å²) in [5.74, 6) is 0. The average Bonchev–Trinajstić information content (AvgIpc) is 2.04. The number of benzene rings is 1. The lowest BCUT2D eigenvalue weighted by Crippen LogP contribution is -2.06. The number of nitrogens with one attached hydrogen (secondary N) is 1. The van der Waals surface area contributed by atoms with Gasteiger partial charge in [-0.2, -0.15) is 8.42 Å². The average molecular weight is 201 g/mol. The molecule has 0 bridgehead atoms. The lowest BCUT2D eigenvalue weighted by Gasteiger charge is -2.01. The van der Waals surface area contributed by atoms with E-state index in [2.05, 4.69) is 5.32 Å². The minimum Gasteiger partial charge on any atom is -0.316 e. The molecule has 13 heavy (non-hydrogen) atoms. The monoisotopic (exact) mass is 201 g/mol. The first-order valence-electron chi connectivity index (χ1n) is 3.75. The third-order valence-electron chi connectivity index (χ3n) is 1.58. The summed E-state index contributed by atoms with van der Waals surface area (Å²) in [5, 5.41) is 2.89. The van der Waals surface area contributed by atoms with Crippen molar-refractivity contribution in [2.45, 2.75) is 11.4 Å². The zero-order valence-electron chi connectivity index (χ0n) is 7.19. The molecule has 0 atom stereocenters. The Morgan fingerprint density at radius 2 is 2.15 bits per heavy atom. The van der Waals surface area contributed by atoms with Crippen LogP contribution in [-0.4, -0.2) is 20.0 Å². The van der Waals surface area contributed by atoms with Gasteiger partial charge < -0.3 is 5.32 Å². The van der Waals surface area contributed by atoms with Crippen molar-refractivity contribution in [3.05, 3.63) is 29.8 Å². The van der Waals surface area contributed by atoms with Crippen molar-refractivity contribution in [1.82, 2.24) is 5.32 Å². The highest BCUT2D eigenvalue weighted by atomic mass is 32.2. The van der Waals surface area contributed by atoms with Crippen LogP contribution in [0.5, 0.6) is 0 Å². The Bertz CT molecular complexity index is 386. The summed E-state index contributed by atoms with van der Waals surface area (Å²) < 4.78 is 30.2. The Balaban J connectivity index is 3.06. The summed E-state index contributed by atoms with van der Waals surface area (Å²) in [5.41, 5.74) is 0.817. The molecule has 1 aromatic carbocycles. The molecule has 2 N–H and O–H groups in total. The molecule has 0 heterocycles. The van der Waals surface area contributed by atoms with E-state index < -0.39 is 10.1 Å². The molecule has 0 fully saturated rings. The lowest BCUT2D eigenvalue weighted by atomic mass is 10.2. The summed E-state index contributed by atoms with van der Waals surface area (Å²) in [6.45, 7) is 0.573. The summed E-state index contributed by atoms with van der Waals surface area (Å²) >= 11 is 0. The molecule has 0 aromatic heterocycles. The first-order chi connectivity index (χ1) is 6.04. The molecule has 0 unspecified atom stereocenters. The number of hydrogen-bond acceptors (Lipinski definition) is 3. The molecule has 0 amide bonds. The van der Waals surface area contributed by atoms with Crippen LogP contribution >= 0.6 is 0 Å². The Morgan fingerprint density at radius 3 is 2.69 bits per heavy atom. The largest absolute Gasteiger partial charge is 0.316 e. The molecule has 1 rings (SSSR count). The fourth-order valence-electron chi connectivity index (χ4n) is 1.02. The maximum Gasteiger partial charge on any atom is 0.294 e. The quantitative estimate of drug-likeness (QED) is 0.705. The van der Waals surface area contributed by atoms with Gasteiger partial charge in [0.2, 0.25) is 0 Å². The number of hydrogen-bond donors (Lipinski definition) is 2. The lowest BCUT2D eigenvalue weighted by molar-refractivity contribution is 0.483. The predicted octanol–water partition coefficient (Wildman–Crippen LogP) is 0.653. The van der Waals surface area contributed by atoms with Crippen LogP contribution in [0, 0.1) is 0 Å². The minimum absolute atomic E-state index is 0.0692. The van der Waals surface area contributed by atoms with Crippen LogP contribution in [0.25, 0.3) is 0 Å². The second-order valence-electron chi connectivity index (χ2n) is 2.65. The van der Waals surface area contributed by atoms with E-state index in [0.29, 0.717) is 6.54 Å². The third kappa shape index (κ3) is 2.80. The fourth-order valence-corrected chi connectivity index (χ4v) is 1.57. The second kappa shape index (κ2) is 3.87. The van der Waals surface area contributed by atoms with Crippen LogP contribution in [0.3, 0.4) is 0 Å². The molecule has 0 aliphatic rings. The van der Waals surface area contributed by atoms with E-state index in [0.717, 1.165) is 5.56 Å². The van der Waals surface area contributed by atoms with Gasteiger partial charge in [0.15, 0.2) is 0 Å². The third-order valence-corrected chi connectivity index (χ3v) is 2.43. The van der Waals surface area contributed by atoms with Crippen molar-refractivity contribution in [1.29, 1.82) is 0 Å². The first kappa shape index (κ1) is 10.2. The standard InChI is InChI=1S/C8H11NO3S/c1-9-6-7-3-2-4-8(5-7)13(10,11)12/h2-5,9H,6H2,1H3,(H,10,11,12). The molecule has 0 radical (unpaired) electrons. The fraction of sp³-hybridized carbons (Fsp3) is 0.250. The molecule has 0 saturated carbocycles. The summed E-state index contributed by atoms with van der Waals surface area (Å²) in [7, 11) is -2.31. The SMILES string of the molecule is CNCc1cccc(S(=O)(=O)O)c1. The van der Waals surface area contributed by atoms with Gasteiger partial charge in [-0.05, 0) is 24.7 Å². The van der Waals surface area contributed by atoms with Gasteiger partial charge in [-0.3, -0.25) is 4.55 Å². The van der Waals surface area contributed by atoms with E-state index in [1.54, 1.807) is 19.2 Å². The zero-order chi connectivity index (χ0) is 9.90. The topological polar surface area (TPSA) is 66.4 Å². The van der Waals surface area contributed by atoms with E-state index in [1.165, 1.54) is 12.1 Å². The first-order valence-corrected chi connectivity index (χ1v) is 5.19. The van der Waals surface area contributed by atoms with Gasteiger partial charge in [-0.25, -0.2) is 0 Å². The van der Waals surface area contributed by atoms with E-state index in [9.17, 15) is 8.42 Å². The predicted molar refractivity (Wildman–Crippen MR) is 49.0 cm³/mol. The van der Waals surface area contributed by atoms with E-state index in [4.69, 9.17) is 4.55 Å². The van der Waals surface area contributed by atoms with Crippen LogP contribution in [0.15, 0.2) is 29.2 Å². The minimum atomic E-state index is -4.07. The molecular weight excluding hydrogens is 190 g/mol. The molecule has 0 aliphatic carbocycles. The Kier molecular flexibility index (Phi) is 3.02. The van der Waals surface area contributed by atoms with Gasteiger partial charge in [0.1, 0.15) is 0 Å². The summed E-state index contributed by atoms with van der Waals surface area (Å²) in [6.07, 6.45) is 0.